The van der Waals surface area contributed by atoms with Crippen LogP contribution in [0.2, 0.25) is 24.2 Å². The van der Waals surface area contributed by atoms with Crippen LogP contribution >= 0.6 is 0 Å². The molecule has 0 unspecified atom stereocenters. The largest absolute Gasteiger partial charge is 0.356 e. The van der Waals surface area contributed by atoms with Gasteiger partial charge >= 0.3 is 0 Å². The SMILES string of the molecule is C=CC(C=Cc1ccc2cc(-c3ccc4c(ccc5cc(N6c7ccccc7[Si]7(CCCC7)c7ccccc76)ccc54)c3)ccc2c1)=CC=C1CC(C)(C)c2cc(Nc3ccccc3[Si]3(c4ccccc4)CCCC3)ccc21. The quantitative estimate of drug-likeness (QED) is 0.0834. The summed E-state index contributed by atoms with van der Waals surface area (Å²) >= 11 is 0. The molecule has 380 valence electrons. The van der Waals surface area contributed by atoms with Gasteiger partial charge in [0, 0.05) is 28.4 Å². The molecular formula is C74H66N2Si2. The standard InChI is InChI=1S/C74H66N2Si2/c1-4-52(28-31-60-51-74(2,3)67-50-61(37-40-66(60)67)75-68-20-8-11-23-71(68)77(42-14-15-43-77)63-18-6-5-7-19-63)26-27-53-29-30-55-47-56(33-32-54(55)46-53)57-36-39-64-58(48-57)34-35-59-49-62(38-41-65(59)64)76-69-21-9-12-24-72(69)78(44-16-17-45-78)73-25-13-10-22-70(73)76/h4-13,18-41,46-50,75H,1,14-17,42-45,51H2,2-3H3. The van der Waals surface area contributed by atoms with Crippen LogP contribution in [0.3, 0.4) is 0 Å². The highest BCUT2D eigenvalue weighted by atomic mass is 28.3. The highest BCUT2D eigenvalue weighted by Gasteiger charge is 2.47. The molecular weight excluding hydrogens is 973 g/mol. The van der Waals surface area contributed by atoms with Gasteiger partial charge < -0.3 is 10.2 Å². The fraction of sp³-hybridized carbons (Fsp3) is 0.162. The van der Waals surface area contributed by atoms with Crippen LogP contribution in [0.1, 0.15) is 62.6 Å². The molecule has 0 radical (unpaired) electrons. The highest BCUT2D eigenvalue weighted by molar-refractivity contribution is 7.05. The minimum Gasteiger partial charge on any atom is -0.356 e. The molecule has 0 saturated carbocycles. The van der Waals surface area contributed by atoms with Crippen molar-refractivity contribution >= 4 is 109 Å². The molecule has 0 atom stereocenters. The normalized spacial score (nSPS) is 17.5. The lowest BCUT2D eigenvalue weighted by atomic mass is 9.86. The molecule has 0 aromatic heterocycles. The molecule has 1 N–H and O–H groups in total. The second-order valence-electron chi connectivity index (χ2n) is 23.4. The molecule has 4 heteroatoms. The summed E-state index contributed by atoms with van der Waals surface area (Å²) < 4.78 is 0. The number of nitrogens with zero attached hydrogens (tertiary/aromatic N) is 1. The first-order valence-electron chi connectivity index (χ1n) is 28.6. The molecule has 78 heavy (non-hydrogen) atoms. The average Bonchev–Trinajstić information content (AvgIpc) is 4.25. The van der Waals surface area contributed by atoms with Crippen LogP contribution in [-0.4, -0.2) is 16.1 Å². The Morgan fingerprint density at radius 3 is 1.86 bits per heavy atom. The van der Waals surface area contributed by atoms with E-state index in [1.807, 2.05) is 6.08 Å². The lowest BCUT2D eigenvalue weighted by Crippen LogP contribution is -2.60. The lowest BCUT2D eigenvalue weighted by Gasteiger charge is -2.42. The van der Waals surface area contributed by atoms with Gasteiger partial charge in [0.2, 0.25) is 0 Å². The summed E-state index contributed by atoms with van der Waals surface area (Å²) in [5.41, 5.74) is 15.3. The number of hydrogen-bond donors (Lipinski definition) is 1. The van der Waals surface area contributed by atoms with Crippen LogP contribution in [-0.2, 0) is 5.41 Å². The minimum atomic E-state index is -1.85. The van der Waals surface area contributed by atoms with Crippen molar-refractivity contribution in [3.63, 3.8) is 0 Å². The first-order chi connectivity index (χ1) is 38.3. The Bertz CT molecular complexity index is 4060. The van der Waals surface area contributed by atoms with Crippen molar-refractivity contribution in [3.8, 4) is 11.1 Å². The Labute approximate surface area is 462 Å². The van der Waals surface area contributed by atoms with E-state index < -0.39 is 16.1 Å². The van der Waals surface area contributed by atoms with Gasteiger partial charge in [-0.2, -0.15) is 0 Å². The Kier molecular flexibility index (Phi) is 12.1. The zero-order valence-corrected chi connectivity index (χ0v) is 47.0. The van der Waals surface area contributed by atoms with E-state index in [0.29, 0.717) is 0 Å². The number of hydrogen-bond acceptors (Lipinski definition) is 2. The van der Waals surface area contributed by atoms with Gasteiger partial charge in [-0.05, 0) is 184 Å². The molecule has 4 aliphatic rings. The van der Waals surface area contributed by atoms with E-state index in [4.69, 9.17) is 0 Å². The van der Waals surface area contributed by atoms with E-state index in [0.717, 1.165) is 12.0 Å². The van der Waals surface area contributed by atoms with Crippen LogP contribution < -0.4 is 31.0 Å². The summed E-state index contributed by atoms with van der Waals surface area (Å²) in [5.74, 6) is 0. The van der Waals surface area contributed by atoms with Crippen molar-refractivity contribution in [2.75, 3.05) is 10.2 Å². The summed E-state index contributed by atoms with van der Waals surface area (Å²) in [4.78, 5) is 2.54. The zero-order valence-electron chi connectivity index (χ0n) is 45.0. The maximum Gasteiger partial charge on any atom is 0.123 e. The van der Waals surface area contributed by atoms with Gasteiger partial charge in [-0.15, -0.1) is 0 Å². The third-order valence-electron chi connectivity index (χ3n) is 18.5. The monoisotopic (exact) mass is 1040 g/mol. The molecule has 0 bridgehead atoms. The maximum atomic E-state index is 4.22. The van der Waals surface area contributed by atoms with Crippen molar-refractivity contribution in [2.24, 2.45) is 0 Å². The molecule has 10 aromatic rings. The molecule has 2 saturated heterocycles. The Balaban J connectivity index is 0.684. The number of anilines is 5. The summed E-state index contributed by atoms with van der Waals surface area (Å²) in [5, 5.41) is 17.9. The smallest absolute Gasteiger partial charge is 0.123 e. The third-order valence-corrected chi connectivity index (χ3v) is 29.1. The molecule has 1 spiro atoms. The van der Waals surface area contributed by atoms with Gasteiger partial charge in [0.25, 0.3) is 0 Å². The van der Waals surface area contributed by atoms with Crippen LogP contribution in [0.25, 0.3) is 55.1 Å². The number of rotatable bonds is 10. The molecule has 0 amide bonds. The lowest BCUT2D eigenvalue weighted by molar-refractivity contribution is 0.563. The summed E-state index contributed by atoms with van der Waals surface area (Å²) in [7, 11) is -3.62. The Morgan fingerprint density at radius 1 is 0.538 bits per heavy atom. The summed E-state index contributed by atoms with van der Waals surface area (Å²) in [6.07, 6.45) is 17.3. The first kappa shape index (κ1) is 48.4. The number of benzene rings is 10. The maximum absolute atomic E-state index is 4.22. The predicted molar refractivity (Wildman–Crippen MR) is 342 cm³/mol. The fourth-order valence-electron chi connectivity index (χ4n) is 14.6. The van der Waals surface area contributed by atoms with Gasteiger partial charge in [-0.25, -0.2) is 0 Å². The van der Waals surface area contributed by atoms with Gasteiger partial charge in [0.1, 0.15) is 16.1 Å². The van der Waals surface area contributed by atoms with Gasteiger partial charge in [-0.3, -0.25) is 0 Å². The topological polar surface area (TPSA) is 15.3 Å². The van der Waals surface area contributed by atoms with Gasteiger partial charge in [-0.1, -0.05) is 227 Å². The van der Waals surface area contributed by atoms with E-state index in [9.17, 15) is 0 Å². The highest BCUT2D eigenvalue weighted by Crippen LogP contribution is 2.48. The van der Waals surface area contributed by atoms with E-state index in [1.165, 1.54) is 144 Å². The molecule has 2 nitrogen and oxygen atoms in total. The number of allylic oxidation sites excluding steroid dienone is 6. The third kappa shape index (κ3) is 8.27. The number of para-hydroxylation sites is 3. The van der Waals surface area contributed by atoms with E-state index in [-0.39, 0.29) is 5.41 Å². The van der Waals surface area contributed by atoms with Crippen molar-refractivity contribution in [2.45, 2.75) is 75.5 Å². The van der Waals surface area contributed by atoms with Crippen molar-refractivity contribution in [1.29, 1.82) is 0 Å². The van der Waals surface area contributed by atoms with Gasteiger partial charge in [0.05, 0.1) is 0 Å². The van der Waals surface area contributed by atoms with Crippen molar-refractivity contribution < 1.29 is 0 Å². The molecule has 1 aliphatic carbocycles. The fourth-order valence-corrected chi connectivity index (χ4v) is 25.4. The molecule has 14 rings (SSSR count). The summed E-state index contributed by atoms with van der Waals surface area (Å²) in [6.45, 7) is 8.99. The molecule has 2 fully saturated rings. The van der Waals surface area contributed by atoms with Crippen LogP contribution in [0.5, 0.6) is 0 Å². The van der Waals surface area contributed by atoms with E-state index in [2.05, 4.69) is 261 Å². The average molecular weight is 1040 g/mol. The minimum absolute atomic E-state index is 0.0248. The number of fused-ring (bicyclic) bond motifs is 9. The van der Waals surface area contributed by atoms with Crippen molar-refractivity contribution in [1.82, 2.24) is 0 Å². The van der Waals surface area contributed by atoms with Crippen molar-refractivity contribution in [3.05, 3.63) is 259 Å². The van der Waals surface area contributed by atoms with E-state index >= 15 is 0 Å². The Morgan fingerprint density at radius 2 is 1.13 bits per heavy atom. The molecule has 3 aliphatic heterocycles. The summed E-state index contributed by atoms with van der Waals surface area (Å²) in [6, 6.07) is 84.0. The Hall–Kier alpha value is -8.03. The second-order valence-corrected chi connectivity index (χ2v) is 32.0. The van der Waals surface area contributed by atoms with E-state index in [1.54, 1.807) is 20.7 Å². The van der Waals surface area contributed by atoms with Crippen LogP contribution in [0.15, 0.2) is 243 Å². The van der Waals surface area contributed by atoms with Crippen LogP contribution in [0, 0.1) is 0 Å². The van der Waals surface area contributed by atoms with Gasteiger partial charge in [0.15, 0.2) is 0 Å². The number of nitrogens with one attached hydrogen (secondary N) is 1. The molecule has 10 aromatic carbocycles. The van der Waals surface area contributed by atoms with Crippen LogP contribution in [0.4, 0.5) is 28.4 Å². The second kappa shape index (κ2) is 19.5. The molecule has 3 heterocycles. The first-order valence-corrected chi connectivity index (χ1v) is 33.4. The predicted octanol–water partition coefficient (Wildman–Crippen LogP) is 17.9. The zero-order chi connectivity index (χ0) is 52.4.